The highest BCUT2D eigenvalue weighted by Crippen LogP contribution is 2.24. The molecule has 0 unspecified atom stereocenters. The maximum atomic E-state index is 13.8. The van der Waals surface area contributed by atoms with Crippen molar-refractivity contribution in [3.05, 3.63) is 47.5 Å². The highest BCUT2D eigenvalue weighted by molar-refractivity contribution is 5.95. The van der Waals surface area contributed by atoms with E-state index in [0.29, 0.717) is 0 Å². The lowest BCUT2D eigenvalue weighted by molar-refractivity contribution is 0.0692. The van der Waals surface area contributed by atoms with Crippen molar-refractivity contribution in [1.29, 1.82) is 0 Å². The SMILES string of the molecule is Cc1ccc(-c2ncccn2)c(C(=O)O)c1F. The zero-order valence-corrected chi connectivity index (χ0v) is 9.01. The first kappa shape index (κ1) is 11.2. The second kappa shape index (κ2) is 4.29. The number of hydrogen-bond donors (Lipinski definition) is 1. The van der Waals surface area contributed by atoms with Gasteiger partial charge in [-0.05, 0) is 24.6 Å². The van der Waals surface area contributed by atoms with Crippen molar-refractivity contribution in [3.63, 3.8) is 0 Å². The minimum atomic E-state index is -1.33. The largest absolute Gasteiger partial charge is 0.478 e. The van der Waals surface area contributed by atoms with Crippen LogP contribution in [-0.4, -0.2) is 21.0 Å². The summed E-state index contributed by atoms with van der Waals surface area (Å²) in [6.45, 7) is 1.51. The lowest BCUT2D eigenvalue weighted by Crippen LogP contribution is -2.06. The lowest BCUT2D eigenvalue weighted by atomic mass is 10.0. The summed E-state index contributed by atoms with van der Waals surface area (Å²) in [4.78, 5) is 18.9. The molecule has 1 aromatic heterocycles. The Morgan fingerprint density at radius 1 is 1.29 bits per heavy atom. The predicted octanol–water partition coefficient (Wildman–Crippen LogP) is 2.29. The van der Waals surface area contributed by atoms with E-state index in [1.165, 1.54) is 31.5 Å². The average Bonchev–Trinajstić information content (AvgIpc) is 2.33. The van der Waals surface area contributed by atoms with Crippen LogP contribution in [0.3, 0.4) is 0 Å². The van der Waals surface area contributed by atoms with Gasteiger partial charge >= 0.3 is 5.97 Å². The first-order valence-electron chi connectivity index (χ1n) is 4.91. The fourth-order valence-corrected chi connectivity index (χ4v) is 1.51. The van der Waals surface area contributed by atoms with E-state index in [4.69, 9.17) is 5.11 Å². The molecule has 1 N–H and O–H groups in total. The molecule has 2 aromatic rings. The maximum Gasteiger partial charge on any atom is 0.339 e. The van der Waals surface area contributed by atoms with Crippen molar-refractivity contribution in [1.82, 2.24) is 9.97 Å². The van der Waals surface area contributed by atoms with E-state index in [1.54, 1.807) is 6.07 Å². The first-order valence-corrected chi connectivity index (χ1v) is 4.91. The van der Waals surface area contributed by atoms with Crippen molar-refractivity contribution in [2.24, 2.45) is 0 Å². The molecule has 0 aliphatic carbocycles. The van der Waals surface area contributed by atoms with Crippen LogP contribution in [0.2, 0.25) is 0 Å². The van der Waals surface area contributed by atoms with Gasteiger partial charge in [0.1, 0.15) is 11.4 Å². The summed E-state index contributed by atoms with van der Waals surface area (Å²) in [6.07, 6.45) is 2.96. The molecule has 0 spiro atoms. The van der Waals surface area contributed by atoms with E-state index < -0.39 is 17.3 Å². The van der Waals surface area contributed by atoms with Crippen LogP contribution in [-0.2, 0) is 0 Å². The van der Waals surface area contributed by atoms with Crippen LogP contribution in [0.4, 0.5) is 4.39 Å². The van der Waals surface area contributed by atoms with Crippen molar-refractivity contribution < 1.29 is 14.3 Å². The number of aromatic carboxylic acids is 1. The Labute approximate surface area is 96.8 Å². The molecule has 4 nitrogen and oxygen atoms in total. The van der Waals surface area contributed by atoms with Crippen LogP contribution in [0.5, 0.6) is 0 Å². The molecule has 17 heavy (non-hydrogen) atoms. The molecule has 0 amide bonds. The van der Waals surface area contributed by atoms with Crippen LogP contribution in [0, 0.1) is 12.7 Å². The predicted molar refractivity (Wildman–Crippen MR) is 59.1 cm³/mol. The lowest BCUT2D eigenvalue weighted by Gasteiger charge is -2.07. The topological polar surface area (TPSA) is 63.1 Å². The molecule has 0 aliphatic rings. The third kappa shape index (κ3) is 1.99. The highest BCUT2D eigenvalue weighted by Gasteiger charge is 2.20. The smallest absolute Gasteiger partial charge is 0.339 e. The molecular weight excluding hydrogens is 223 g/mol. The fraction of sp³-hybridized carbons (Fsp3) is 0.0833. The quantitative estimate of drug-likeness (QED) is 0.862. The summed E-state index contributed by atoms with van der Waals surface area (Å²) in [5.41, 5.74) is 0.0690. The van der Waals surface area contributed by atoms with E-state index in [-0.39, 0.29) is 17.0 Å². The monoisotopic (exact) mass is 232 g/mol. The van der Waals surface area contributed by atoms with Gasteiger partial charge in [-0.1, -0.05) is 6.07 Å². The Hall–Kier alpha value is -2.30. The van der Waals surface area contributed by atoms with Crippen molar-refractivity contribution in [2.45, 2.75) is 6.92 Å². The second-order valence-corrected chi connectivity index (χ2v) is 3.50. The third-order valence-electron chi connectivity index (χ3n) is 2.36. The number of rotatable bonds is 2. The number of carbonyl (C=O) groups is 1. The van der Waals surface area contributed by atoms with Gasteiger partial charge in [0.25, 0.3) is 0 Å². The number of benzene rings is 1. The van der Waals surface area contributed by atoms with Gasteiger partial charge in [0.2, 0.25) is 0 Å². The van der Waals surface area contributed by atoms with Crippen molar-refractivity contribution in [3.8, 4) is 11.4 Å². The van der Waals surface area contributed by atoms with Gasteiger partial charge in [-0.15, -0.1) is 0 Å². The zero-order chi connectivity index (χ0) is 12.4. The summed E-state index contributed by atoms with van der Waals surface area (Å²) in [5, 5.41) is 9.04. The van der Waals surface area contributed by atoms with Gasteiger partial charge in [0.05, 0.1) is 0 Å². The van der Waals surface area contributed by atoms with E-state index in [9.17, 15) is 9.18 Å². The van der Waals surface area contributed by atoms with E-state index in [0.717, 1.165) is 0 Å². The number of halogens is 1. The van der Waals surface area contributed by atoms with Gasteiger partial charge in [-0.25, -0.2) is 19.2 Å². The van der Waals surface area contributed by atoms with E-state index >= 15 is 0 Å². The van der Waals surface area contributed by atoms with Gasteiger partial charge in [-0.2, -0.15) is 0 Å². The Morgan fingerprint density at radius 3 is 2.53 bits per heavy atom. The molecule has 2 rings (SSSR count). The molecule has 1 heterocycles. The molecule has 0 fully saturated rings. The Morgan fingerprint density at radius 2 is 1.94 bits per heavy atom. The molecule has 0 atom stereocenters. The van der Waals surface area contributed by atoms with Gasteiger partial charge in [0, 0.05) is 18.0 Å². The van der Waals surface area contributed by atoms with Crippen LogP contribution in [0.25, 0.3) is 11.4 Å². The minimum Gasteiger partial charge on any atom is -0.478 e. The number of aromatic nitrogens is 2. The molecule has 86 valence electrons. The van der Waals surface area contributed by atoms with Crippen LogP contribution in [0.15, 0.2) is 30.6 Å². The molecule has 0 radical (unpaired) electrons. The molecule has 1 aromatic carbocycles. The zero-order valence-electron chi connectivity index (χ0n) is 9.01. The van der Waals surface area contributed by atoms with Crippen LogP contribution >= 0.6 is 0 Å². The Bertz CT molecular complexity index is 570. The number of carboxylic acid groups (broad SMARTS) is 1. The first-order chi connectivity index (χ1) is 8.11. The van der Waals surface area contributed by atoms with Crippen molar-refractivity contribution >= 4 is 5.97 Å². The highest BCUT2D eigenvalue weighted by atomic mass is 19.1. The standard InChI is InChI=1S/C12H9FN2O2/c1-7-3-4-8(9(10(7)13)12(16)17)11-14-5-2-6-15-11/h2-6H,1H3,(H,16,17). The summed E-state index contributed by atoms with van der Waals surface area (Å²) in [5.74, 6) is -1.88. The maximum absolute atomic E-state index is 13.8. The fourth-order valence-electron chi connectivity index (χ4n) is 1.51. The number of carboxylic acids is 1. The molecular formula is C12H9FN2O2. The third-order valence-corrected chi connectivity index (χ3v) is 2.36. The van der Waals surface area contributed by atoms with E-state index in [2.05, 4.69) is 9.97 Å². The number of aryl methyl sites for hydroxylation is 1. The van der Waals surface area contributed by atoms with Gasteiger partial charge in [0.15, 0.2) is 5.82 Å². The Balaban J connectivity index is 2.71. The molecule has 0 saturated carbocycles. The average molecular weight is 232 g/mol. The summed E-state index contributed by atoms with van der Waals surface area (Å²) < 4.78 is 13.8. The minimum absolute atomic E-state index is 0.182. The van der Waals surface area contributed by atoms with Gasteiger partial charge in [-0.3, -0.25) is 0 Å². The molecule has 0 aliphatic heterocycles. The number of nitrogens with zero attached hydrogens (tertiary/aromatic N) is 2. The summed E-state index contributed by atoms with van der Waals surface area (Å²) in [7, 11) is 0. The summed E-state index contributed by atoms with van der Waals surface area (Å²) in [6, 6.07) is 4.62. The van der Waals surface area contributed by atoms with Gasteiger partial charge < -0.3 is 5.11 Å². The second-order valence-electron chi connectivity index (χ2n) is 3.50. The molecule has 0 bridgehead atoms. The molecule has 5 heteroatoms. The van der Waals surface area contributed by atoms with E-state index in [1.807, 2.05) is 0 Å². The summed E-state index contributed by atoms with van der Waals surface area (Å²) >= 11 is 0. The normalized spacial score (nSPS) is 10.2. The Kier molecular flexibility index (Phi) is 2.82. The van der Waals surface area contributed by atoms with Crippen molar-refractivity contribution in [2.75, 3.05) is 0 Å². The van der Waals surface area contributed by atoms with Crippen LogP contribution in [0.1, 0.15) is 15.9 Å². The number of hydrogen-bond acceptors (Lipinski definition) is 3. The molecule has 0 saturated heterocycles. The van der Waals surface area contributed by atoms with Crippen LogP contribution < -0.4 is 0 Å².